The summed E-state index contributed by atoms with van der Waals surface area (Å²) in [6.45, 7) is 8.60. The standard InChI is InChI=1S/C41H38N3O2S3.HI/c1-5-42-33-24-23-31(46-4)25-34(33)47-35(42)26-32(28-17-11-8-12-18-28)40-41(45)44(7-3)37(49-40)27-36-43(6-2)38(29-19-13-9-14-20-29)39(48-36)30-21-15-10-16-22-30;/h8-27H,5-7H2,1-4H3;1H/q+1;/p-1/b35-26-,40-32-;. The quantitative estimate of drug-likeness (QED) is 0.150. The number of thiazole rings is 2. The molecule has 0 spiro atoms. The van der Waals surface area contributed by atoms with E-state index in [2.05, 4.69) is 127 Å². The minimum atomic E-state index is 0. The average molecular weight is 828 g/mol. The predicted octanol–water partition coefficient (Wildman–Crippen LogP) is 5.15. The minimum Gasteiger partial charge on any atom is -1.00 e. The van der Waals surface area contributed by atoms with E-state index in [4.69, 9.17) is 4.74 Å². The number of methoxy groups -OCH3 is 1. The van der Waals surface area contributed by atoms with Gasteiger partial charge in [-0.3, -0.25) is 9.36 Å². The van der Waals surface area contributed by atoms with Crippen LogP contribution in [0.15, 0.2) is 130 Å². The fourth-order valence-corrected chi connectivity index (χ4v) is 10.1. The van der Waals surface area contributed by atoms with E-state index in [1.165, 1.54) is 21.7 Å². The van der Waals surface area contributed by atoms with E-state index in [1.807, 2.05) is 28.8 Å². The van der Waals surface area contributed by atoms with E-state index in [0.29, 0.717) is 6.54 Å². The van der Waals surface area contributed by atoms with Crippen molar-refractivity contribution >= 4 is 51.8 Å². The van der Waals surface area contributed by atoms with Crippen LogP contribution in [0.2, 0.25) is 0 Å². The van der Waals surface area contributed by atoms with Crippen molar-refractivity contribution in [3.05, 3.63) is 150 Å². The Bertz CT molecular complexity index is 2330. The van der Waals surface area contributed by atoms with Crippen LogP contribution in [0.4, 0.5) is 5.69 Å². The van der Waals surface area contributed by atoms with Gasteiger partial charge in [-0.25, -0.2) is 0 Å². The smallest absolute Gasteiger partial charge is 0.269 e. The number of hydrogen-bond donors (Lipinski definition) is 0. The molecule has 1 aliphatic rings. The molecular formula is C41H38IN3O2S3. The largest absolute Gasteiger partial charge is 1.00 e. The first-order valence-corrected chi connectivity index (χ1v) is 19.0. The third-order valence-electron chi connectivity index (χ3n) is 8.68. The molecule has 0 unspecified atom stereocenters. The molecule has 0 saturated heterocycles. The van der Waals surface area contributed by atoms with Crippen LogP contribution >= 0.6 is 34.4 Å². The number of ether oxygens (including phenoxy) is 1. The zero-order chi connectivity index (χ0) is 33.9. The van der Waals surface area contributed by atoms with Crippen LogP contribution in [0.25, 0.3) is 33.3 Å². The van der Waals surface area contributed by atoms with Gasteiger partial charge in [0.05, 0.1) is 23.9 Å². The van der Waals surface area contributed by atoms with Gasteiger partial charge in [0, 0.05) is 29.1 Å². The normalized spacial score (nSPS) is 14.1. The molecule has 0 fully saturated rings. The summed E-state index contributed by atoms with van der Waals surface area (Å²) in [6, 6.07) is 37.7. The van der Waals surface area contributed by atoms with Crippen LogP contribution in [-0.4, -0.2) is 18.2 Å². The van der Waals surface area contributed by atoms with Crippen LogP contribution in [0.3, 0.4) is 0 Å². The summed E-state index contributed by atoms with van der Waals surface area (Å²) in [4.78, 5) is 19.1. The van der Waals surface area contributed by atoms with E-state index >= 15 is 0 Å². The summed E-state index contributed by atoms with van der Waals surface area (Å²) in [5.74, 6) is 0.837. The molecule has 2 aromatic heterocycles. The number of aromatic nitrogens is 2. The highest BCUT2D eigenvalue weighted by molar-refractivity contribution is 8.03. The first-order valence-electron chi connectivity index (χ1n) is 16.6. The number of hydrogen-bond acceptors (Lipinski definition) is 6. The lowest BCUT2D eigenvalue weighted by Gasteiger charge is -2.18. The van der Waals surface area contributed by atoms with Crippen LogP contribution in [0, 0.1) is 0 Å². The number of anilines is 1. The molecule has 0 aliphatic carbocycles. The van der Waals surface area contributed by atoms with Gasteiger partial charge >= 0.3 is 0 Å². The van der Waals surface area contributed by atoms with E-state index < -0.39 is 0 Å². The van der Waals surface area contributed by atoms with E-state index in [-0.39, 0.29) is 29.5 Å². The molecule has 0 amide bonds. The van der Waals surface area contributed by atoms with Crippen molar-refractivity contribution in [2.75, 3.05) is 18.6 Å². The second-order valence-corrected chi connectivity index (χ2v) is 14.6. The molecule has 5 nitrogen and oxygen atoms in total. The first kappa shape index (κ1) is 35.9. The summed E-state index contributed by atoms with van der Waals surface area (Å²) < 4.78 is 11.5. The molecule has 9 heteroatoms. The lowest BCUT2D eigenvalue weighted by molar-refractivity contribution is -0.679. The van der Waals surface area contributed by atoms with Gasteiger partial charge in [-0.1, -0.05) is 102 Å². The minimum absolute atomic E-state index is 0. The third kappa shape index (κ3) is 6.88. The third-order valence-corrected chi connectivity index (χ3v) is 12.1. The Kier molecular flexibility index (Phi) is 11.5. The van der Waals surface area contributed by atoms with Crippen molar-refractivity contribution < 1.29 is 33.3 Å². The van der Waals surface area contributed by atoms with Crippen LogP contribution < -0.4 is 52.9 Å². The Morgan fingerprint density at radius 1 is 0.820 bits per heavy atom. The summed E-state index contributed by atoms with van der Waals surface area (Å²) in [7, 11) is 1.70. The van der Waals surface area contributed by atoms with Gasteiger partial charge in [0.25, 0.3) is 10.6 Å². The van der Waals surface area contributed by atoms with Crippen molar-refractivity contribution in [2.45, 2.75) is 38.8 Å². The lowest BCUT2D eigenvalue weighted by atomic mass is 10.1. The molecule has 6 aromatic rings. The number of nitrogens with zero attached hydrogens (tertiary/aromatic N) is 3. The summed E-state index contributed by atoms with van der Waals surface area (Å²) in [5.41, 5.74) is 6.71. The van der Waals surface area contributed by atoms with Gasteiger partial charge < -0.3 is 33.6 Å². The number of allylic oxidation sites excluding steroid dienone is 1. The van der Waals surface area contributed by atoms with E-state index in [1.54, 1.807) is 41.5 Å². The second kappa shape index (κ2) is 16.0. The van der Waals surface area contributed by atoms with Crippen LogP contribution in [0.1, 0.15) is 31.3 Å². The topological polar surface area (TPSA) is 38.4 Å². The highest BCUT2D eigenvalue weighted by atomic mass is 127. The maximum Gasteiger partial charge on any atom is 0.269 e. The zero-order valence-corrected chi connectivity index (χ0v) is 33.0. The highest BCUT2D eigenvalue weighted by Crippen LogP contribution is 2.47. The fraction of sp³-hybridized carbons (Fsp3) is 0.171. The Morgan fingerprint density at radius 2 is 1.48 bits per heavy atom. The van der Waals surface area contributed by atoms with Gasteiger partial charge in [0.1, 0.15) is 26.4 Å². The maximum atomic E-state index is 14.4. The number of rotatable bonds is 9. The van der Waals surface area contributed by atoms with Gasteiger partial charge in [-0.2, -0.15) is 4.57 Å². The Morgan fingerprint density at radius 3 is 2.10 bits per heavy atom. The number of benzene rings is 4. The average Bonchev–Trinajstić information content (AvgIpc) is 3.80. The van der Waals surface area contributed by atoms with Crippen molar-refractivity contribution in [3.63, 3.8) is 0 Å². The predicted molar refractivity (Wildman–Crippen MR) is 207 cm³/mol. The monoisotopic (exact) mass is 827 g/mol. The first-order chi connectivity index (χ1) is 24.0. The van der Waals surface area contributed by atoms with Crippen molar-refractivity contribution in [1.82, 2.24) is 4.57 Å². The zero-order valence-electron chi connectivity index (χ0n) is 28.4. The van der Waals surface area contributed by atoms with Gasteiger partial charge in [0.2, 0.25) is 5.69 Å². The molecule has 3 heterocycles. The maximum absolute atomic E-state index is 14.4. The summed E-state index contributed by atoms with van der Waals surface area (Å²) in [5, 5.41) is 2.20. The number of halogens is 1. The Labute approximate surface area is 322 Å². The fourth-order valence-electron chi connectivity index (χ4n) is 6.31. The molecule has 0 N–H and O–H groups in total. The summed E-state index contributed by atoms with van der Waals surface area (Å²) in [6.07, 6.45) is 4.41. The van der Waals surface area contributed by atoms with Gasteiger partial charge in [-0.15, -0.1) is 11.3 Å². The molecule has 0 bridgehead atoms. The Balaban J connectivity index is 0.00000432. The van der Waals surface area contributed by atoms with Crippen LogP contribution in [-0.2, 0) is 13.1 Å². The van der Waals surface area contributed by atoms with Gasteiger partial charge in [-0.05, 0) is 68.3 Å². The molecule has 1 aliphatic heterocycles. The molecular weight excluding hydrogens is 790 g/mol. The summed E-state index contributed by atoms with van der Waals surface area (Å²) >= 11 is 5.07. The molecule has 0 atom stereocenters. The molecule has 0 saturated carbocycles. The SMILES string of the molecule is CCN1/C(=C/C(c2ccccc2)=c2/s/c(=C\c3sc(-c4ccccc4)c(-c4ccccc4)[n+]3CC)n(CC)c2=O)Sc2cc(OC)ccc21.[I-]. The van der Waals surface area contributed by atoms with Gasteiger partial charge in [0.15, 0.2) is 0 Å². The van der Waals surface area contributed by atoms with Crippen molar-refractivity contribution in [2.24, 2.45) is 0 Å². The molecule has 50 heavy (non-hydrogen) atoms. The van der Waals surface area contributed by atoms with E-state index in [9.17, 15) is 4.79 Å². The van der Waals surface area contributed by atoms with Crippen LogP contribution in [0.5, 0.6) is 5.75 Å². The Hall–Kier alpha value is -3.90. The molecule has 7 rings (SSSR count). The number of thioether (sulfide) groups is 1. The molecule has 0 radical (unpaired) electrons. The number of fused-ring (bicyclic) bond motifs is 1. The van der Waals surface area contributed by atoms with E-state index in [0.717, 1.165) is 59.8 Å². The second-order valence-electron chi connectivity index (χ2n) is 11.5. The van der Waals surface area contributed by atoms with Crippen molar-refractivity contribution in [3.8, 4) is 27.4 Å². The lowest BCUT2D eigenvalue weighted by Crippen LogP contribution is -3.00. The molecule has 4 aromatic carbocycles. The molecule has 254 valence electrons. The highest BCUT2D eigenvalue weighted by Gasteiger charge is 2.28. The van der Waals surface area contributed by atoms with Crippen molar-refractivity contribution in [1.29, 1.82) is 0 Å².